The van der Waals surface area contributed by atoms with E-state index in [1.807, 2.05) is 0 Å². The Bertz CT molecular complexity index is 985. The molecule has 2 rings (SSSR count). The van der Waals surface area contributed by atoms with Gasteiger partial charge in [0.2, 0.25) is 12.7 Å². The monoisotopic (exact) mass is 537 g/mol. The molecule has 3 atom stereocenters. The van der Waals surface area contributed by atoms with Crippen molar-refractivity contribution in [1.29, 1.82) is 0 Å². The fourth-order valence-electron chi connectivity index (χ4n) is 2.67. The maximum absolute atomic E-state index is 12.3. The predicted molar refractivity (Wildman–Crippen MR) is 119 cm³/mol. The van der Waals surface area contributed by atoms with Crippen LogP contribution in [-0.4, -0.2) is 70.5 Å². The Labute approximate surface area is 204 Å². The molecule has 1 amide bonds. The summed E-state index contributed by atoms with van der Waals surface area (Å²) in [5.74, 6) is -1.58. The van der Waals surface area contributed by atoms with Crippen molar-refractivity contribution in [2.45, 2.75) is 37.3 Å². The van der Waals surface area contributed by atoms with E-state index in [0.717, 1.165) is 4.57 Å². The third-order valence-corrected chi connectivity index (χ3v) is 5.89. The Kier molecular flexibility index (Phi) is 11.8. The Morgan fingerprint density at radius 2 is 2.03 bits per heavy atom. The molecule has 35 heavy (non-hydrogen) atoms. The highest BCUT2D eigenvalue weighted by Gasteiger charge is 2.29. The van der Waals surface area contributed by atoms with Gasteiger partial charge in [-0.2, -0.15) is 4.98 Å². The number of ether oxygens (including phenoxy) is 3. The minimum absolute atomic E-state index is 0.0433. The third kappa shape index (κ3) is 11.3. The summed E-state index contributed by atoms with van der Waals surface area (Å²) in [7, 11) is -3.13. The van der Waals surface area contributed by atoms with E-state index in [9.17, 15) is 28.6 Å². The number of hydrogen-bond acceptors (Lipinski definition) is 13. The Balaban J connectivity index is 1.71. The molecule has 0 radical (unpaired) electrons. The van der Waals surface area contributed by atoms with Gasteiger partial charge in [0.05, 0.1) is 13.0 Å². The number of aromatic nitrogens is 2. The molecule has 15 nitrogen and oxygen atoms in total. The van der Waals surface area contributed by atoms with Gasteiger partial charge in [0, 0.05) is 24.8 Å². The second-order valence-electron chi connectivity index (χ2n) is 7.03. The standard InChI is InChI=1S/C18H27N4O11PS/c1-19-7-2-3-15(24)30-11-31-16(25)5-4-13(23)20-12-6-8-22(18(26)21-12)14-10-35-17(33-14)9-32-34(27,28)29/h6,8,14,17,19H,2-5,7,9-11H2,1H3,(H2,27,28,29)(H,20,21,23,26)/p-1/t14-,17+/m0/s1. The summed E-state index contributed by atoms with van der Waals surface area (Å²) < 4.78 is 31.1. The minimum Gasteiger partial charge on any atom is -0.756 e. The van der Waals surface area contributed by atoms with Crippen molar-refractivity contribution < 1.29 is 47.5 Å². The first kappa shape index (κ1) is 28.9. The number of rotatable bonds is 14. The molecule has 0 aliphatic carbocycles. The van der Waals surface area contributed by atoms with Crippen molar-refractivity contribution >= 4 is 43.2 Å². The zero-order valence-electron chi connectivity index (χ0n) is 18.7. The Morgan fingerprint density at radius 3 is 2.69 bits per heavy atom. The fraction of sp³-hybridized carbons (Fsp3) is 0.611. The van der Waals surface area contributed by atoms with E-state index < -0.39 is 56.4 Å². The van der Waals surface area contributed by atoms with Crippen LogP contribution in [0.2, 0.25) is 0 Å². The van der Waals surface area contributed by atoms with Gasteiger partial charge >= 0.3 is 17.6 Å². The van der Waals surface area contributed by atoms with Crippen molar-refractivity contribution in [3.05, 3.63) is 22.7 Å². The highest BCUT2D eigenvalue weighted by atomic mass is 32.2. The lowest BCUT2D eigenvalue weighted by molar-refractivity contribution is -0.221. The highest BCUT2D eigenvalue weighted by Crippen LogP contribution is 2.36. The molecule has 2 heterocycles. The highest BCUT2D eigenvalue weighted by molar-refractivity contribution is 8.00. The lowest BCUT2D eigenvalue weighted by Crippen LogP contribution is -2.29. The van der Waals surface area contributed by atoms with Crippen LogP contribution in [0.4, 0.5) is 5.82 Å². The molecule has 196 valence electrons. The average molecular weight is 537 g/mol. The number of nitrogens with one attached hydrogen (secondary N) is 2. The van der Waals surface area contributed by atoms with E-state index >= 15 is 0 Å². The molecule has 17 heteroatoms. The summed E-state index contributed by atoms with van der Waals surface area (Å²) in [6, 6.07) is 1.35. The average Bonchev–Trinajstić information content (AvgIpc) is 3.25. The summed E-state index contributed by atoms with van der Waals surface area (Å²) in [5.41, 5.74) is -1.45. The predicted octanol–water partition coefficient (Wildman–Crippen LogP) is -0.929. The smallest absolute Gasteiger partial charge is 0.351 e. The second kappa shape index (κ2) is 14.3. The molecule has 0 bridgehead atoms. The van der Waals surface area contributed by atoms with E-state index in [4.69, 9.17) is 19.1 Å². The topological polar surface area (TPSA) is 207 Å². The van der Waals surface area contributed by atoms with Gasteiger partial charge in [0.1, 0.15) is 17.5 Å². The summed E-state index contributed by atoms with van der Waals surface area (Å²) in [6.45, 7) is -0.309. The van der Waals surface area contributed by atoms with Crippen molar-refractivity contribution in [1.82, 2.24) is 14.9 Å². The third-order valence-electron chi connectivity index (χ3n) is 4.32. The van der Waals surface area contributed by atoms with E-state index in [-0.39, 0.29) is 25.1 Å². The van der Waals surface area contributed by atoms with E-state index in [1.54, 1.807) is 7.05 Å². The molecule has 0 spiro atoms. The van der Waals surface area contributed by atoms with Crippen LogP contribution in [0.15, 0.2) is 17.1 Å². The van der Waals surface area contributed by atoms with Crippen LogP contribution in [0.5, 0.6) is 0 Å². The van der Waals surface area contributed by atoms with Gasteiger partial charge in [-0.3, -0.25) is 23.5 Å². The summed E-state index contributed by atoms with van der Waals surface area (Å²) in [5, 5.41) is 5.26. The van der Waals surface area contributed by atoms with E-state index in [0.29, 0.717) is 18.7 Å². The van der Waals surface area contributed by atoms with Gasteiger partial charge in [-0.1, -0.05) is 0 Å². The van der Waals surface area contributed by atoms with E-state index in [1.165, 1.54) is 24.0 Å². The first-order valence-electron chi connectivity index (χ1n) is 10.4. The van der Waals surface area contributed by atoms with E-state index in [2.05, 4.69) is 20.1 Å². The maximum atomic E-state index is 12.3. The van der Waals surface area contributed by atoms with Gasteiger partial charge in [0.15, 0.2) is 0 Å². The van der Waals surface area contributed by atoms with Crippen LogP contribution in [0.3, 0.4) is 0 Å². The molecule has 0 aromatic carbocycles. The van der Waals surface area contributed by atoms with Crippen molar-refractivity contribution in [3.8, 4) is 0 Å². The molecule has 1 fully saturated rings. The van der Waals surface area contributed by atoms with Crippen LogP contribution >= 0.6 is 19.6 Å². The van der Waals surface area contributed by atoms with Crippen molar-refractivity contribution in [2.75, 3.05) is 38.1 Å². The molecular weight excluding hydrogens is 511 g/mol. The summed E-state index contributed by atoms with van der Waals surface area (Å²) in [6.07, 6.45) is 0.820. The number of amides is 1. The summed E-state index contributed by atoms with van der Waals surface area (Å²) >= 11 is 1.18. The number of esters is 2. The number of phosphoric acid groups is 1. The number of anilines is 1. The molecule has 0 saturated carbocycles. The molecule has 1 aromatic rings. The molecule has 1 aliphatic heterocycles. The molecule has 1 saturated heterocycles. The summed E-state index contributed by atoms with van der Waals surface area (Å²) in [4.78, 5) is 70.4. The number of thioether (sulfide) groups is 1. The van der Waals surface area contributed by atoms with Gasteiger partial charge in [-0.25, -0.2) is 4.79 Å². The quantitative estimate of drug-likeness (QED) is 0.113. The largest absolute Gasteiger partial charge is 0.756 e. The zero-order chi connectivity index (χ0) is 25.8. The first-order valence-corrected chi connectivity index (χ1v) is 12.9. The lowest BCUT2D eigenvalue weighted by Gasteiger charge is -2.19. The molecular formula is C18H26N4O11PS-. The number of carbonyl (C=O) groups is 3. The second-order valence-corrected chi connectivity index (χ2v) is 9.41. The van der Waals surface area contributed by atoms with Gasteiger partial charge in [0.25, 0.3) is 7.82 Å². The van der Waals surface area contributed by atoms with Crippen LogP contribution in [0.1, 0.15) is 31.9 Å². The molecule has 1 unspecified atom stereocenters. The Hall–Kier alpha value is -2.33. The van der Waals surface area contributed by atoms with Gasteiger partial charge < -0.3 is 39.2 Å². The minimum atomic E-state index is -4.88. The SMILES string of the molecule is CNCCCC(=O)OCOC(=O)CCC(=O)Nc1ccn([C@@H]2CS[C@H](COP(=O)([O-])O)O2)c(=O)n1. The van der Waals surface area contributed by atoms with Crippen LogP contribution < -0.4 is 21.2 Å². The normalized spacial score (nSPS) is 19.1. The van der Waals surface area contributed by atoms with Crippen molar-refractivity contribution in [2.24, 2.45) is 0 Å². The number of phosphoric ester groups is 1. The van der Waals surface area contributed by atoms with Crippen LogP contribution in [-0.2, 0) is 37.7 Å². The first-order chi connectivity index (χ1) is 16.6. The van der Waals surface area contributed by atoms with Crippen LogP contribution in [0, 0.1) is 0 Å². The lowest BCUT2D eigenvalue weighted by atomic mass is 10.3. The number of nitrogens with zero attached hydrogens (tertiary/aromatic N) is 2. The Morgan fingerprint density at radius 1 is 1.31 bits per heavy atom. The fourth-order valence-corrected chi connectivity index (χ4v) is 4.08. The molecule has 3 N–H and O–H groups in total. The number of carbonyl (C=O) groups excluding carboxylic acids is 3. The zero-order valence-corrected chi connectivity index (χ0v) is 20.5. The van der Waals surface area contributed by atoms with Crippen LogP contribution in [0.25, 0.3) is 0 Å². The molecule has 1 aromatic heterocycles. The molecule has 1 aliphatic rings. The number of hydrogen-bond donors (Lipinski definition) is 3. The van der Waals surface area contributed by atoms with Crippen molar-refractivity contribution in [3.63, 3.8) is 0 Å². The van der Waals surface area contributed by atoms with Gasteiger partial charge in [-0.15, -0.1) is 11.8 Å². The maximum Gasteiger partial charge on any atom is 0.351 e. The van der Waals surface area contributed by atoms with Gasteiger partial charge in [-0.05, 0) is 26.1 Å².